The molecular weight excluding hydrogens is 390 g/mol. The monoisotopic (exact) mass is 425 g/mol. The van der Waals surface area contributed by atoms with Crippen molar-refractivity contribution < 1.29 is 14.3 Å². The van der Waals surface area contributed by atoms with Gasteiger partial charge in [0.15, 0.2) is 11.5 Å². The normalized spacial score (nSPS) is 14.9. The molecule has 1 aromatic heterocycles. The van der Waals surface area contributed by atoms with Crippen molar-refractivity contribution in [1.82, 2.24) is 14.8 Å². The molecule has 0 saturated carbocycles. The summed E-state index contributed by atoms with van der Waals surface area (Å²) in [5.41, 5.74) is 1.78. The minimum atomic E-state index is 0.0370. The Kier molecular flexibility index (Phi) is 8.71. The second-order valence-corrected chi connectivity index (χ2v) is 8.00. The van der Waals surface area contributed by atoms with E-state index in [1.54, 1.807) is 0 Å². The third kappa shape index (κ3) is 6.44. The van der Waals surface area contributed by atoms with E-state index in [0.717, 1.165) is 51.0 Å². The minimum absolute atomic E-state index is 0.0370. The van der Waals surface area contributed by atoms with Gasteiger partial charge in [-0.2, -0.15) is 0 Å². The third-order valence-electron chi connectivity index (χ3n) is 5.79. The molecule has 6 nitrogen and oxygen atoms in total. The Balaban J connectivity index is 1.54. The lowest BCUT2D eigenvalue weighted by Gasteiger charge is -2.36. The molecule has 1 saturated heterocycles. The van der Waals surface area contributed by atoms with Crippen LogP contribution in [0, 0.1) is 0 Å². The number of nitrogens with zero attached hydrogens (tertiary/aromatic N) is 3. The molecule has 2 heterocycles. The van der Waals surface area contributed by atoms with Crippen LogP contribution in [0.2, 0.25) is 0 Å². The molecule has 3 rings (SSSR count). The maximum atomic E-state index is 13.1. The van der Waals surface area contributed by atoms with Crippen LogP contribution in [-0.4, -0.2) is 66.6 Å². The average Bonchev–Trinajstić information content (AvgIpc) is 2.82. The number of carbonyl (C=O) groups is 1. The van der Waals surface area contributed by atoms with Crippen molar-refractivity contribution in [2.75, 3.05) is 39.9 Å². The Morgan fingerprint density at radius 3 is 2.61 bits per heavy atom. The van der Waals surface area contributed by atoms with Gasteiger partial charge < -0.3 is 19.3 Å². The molecule has 1 amide bonds. The summed E-state index contributed by atoms with van der Waals surface area (Å²) in [5, 5.41) is 0. The van der Waals surface area contributed by atoms with Gasteiger partial charge in [0.05, 0.1) is 13.2 Å². The fraction of sp³-hybridized carbons (Fsp3) is 0.520. The molecule has 0 spiro atoms. The van der Waals surface area contributed by atoms with Crippen LogP contribution in [0.25, 0.3) is 0 Å². The molecule has 31 heavy (non-hydrogen) atoms. The number of hydrogen-bond donors (Lipinski definition) is 0. The van der Waals surface area contributed by atoms with E-state index in [4.69, 9.17) is 9.47 Å². The van der Waals surface area contributed by atoms with Crippen molar-refractivity contribution in [3.8, 4) is 11.5 Å². The van der Waals surface area contributed by atoms with E-state index in [1.807, 2.05) is 55.4 Å². The van der Waals surface area contributed by atoms with Gasteiger partial charge in [-0.05, 0) is 56.5 Å². The predicted octanol–water partition coefficient (Wildman–Crippen LogP) is 4.05. The van der Waals surface area contributed by atoms with E-state index >= 15 is 0 Å². The Labute approximate surface area is 186 Å². The van der Waals surface area contributed by atoms with Crippen LogP contribution in [0.1, 0.15) is 49.2 Å². The predicted molar refractivity (Wildman–Crippen MR) is 123 cm³/mol. The number of pyridine rings is 1. The number of benzene rings is 1. The van der Waals surface area contributed by atoms with Crippen molar-refractivity contribution in [1.29, 1.82) is 0 Å². The number of rotatable bonds is 10. The van der Waals surface area contributed by atoms with E-state index in [0.29, 0.717) is 30.3 Å². The number of carbonyl (C=O) groups excluding carboxylic acids is 1. The Hall–Kier alpha value is -2.60. The summed E-state index contributed by atoms with van der Waals surface area (Å²) in [7, 11) is 1.92. The Bertz CT molecular complexity index is 820. The maximum Gasteiger partial charge on any atom is 0.253 e. The largest absolute Gasteiger partial charge is 0.490 e. The van der Waals surface area contributed by atoms with Crippen molar-refractivity contribution in [2.24, 2.45) is 0 Å². The first-order valence-electron chi connectivity index (χ1n) is 11.4. The number of likely N-dealkylation sites (tertiary alicyclic amines) is 1. The standard InChI is InChI=1S/C25H35N3O3/c1-4-18-31-23-10-9-20(19-24(23)30-5-2)25(29)27(3)22-12-16-28(17-13-22)15-11-21-8-6-7-14-26-21/h6-10,14,19,22H,4-5,11-13,15-18H2,1-3H3. The number of ether oxygens (including phenoxy) is 2. The van der Waals surface area contributed by atoms with E-state index in [-0.39, 0.29) is 11.9 Å². The molecule has 6 heteroatoms. The lowest BCUT2D eigenvalue weighted by atomic mass is 10.0. The second kappa shape index (κ2) is 11.7. The average molecular weight is 426 g/mol. The summed E-state index contributed by atoms with van der Waals surface area (Å²) >= 11 is 0. The summed E-state index contributed by atoms with van der Waals surface area (Å²) in [6.45, 7) is 8.19. The SMILES string of the molecule is CCCOc1ccc(C(=O)N(C)C2CCN(CCc3ccccn3)CC2)cc1OCC. The van der Waals surface area contributed by atoms with Gasteiger partial charge in [0.1, 0.15) is 0 Å². The zero-order valence-electron chi connectivity index (χ0n) is 19.0. The van der Waals surface area contributed by atoms with Crippen LogP contribution in [-0.2, 0) is 6.42 Å². The number of amides is 1. The molecule has 0 bridgehead atoms. The fourth-order valence-corrected chi connectivity index (χ4v) is 3.96. The van der Waals surface area contributed by atoms with Crippen LogP contribution in [0.15, 0.2) is 42.6 Å². The summed E-state index contributed by atoms with van der Waals surface area (Å²) < 4.78 is 11.5. The van der Waals surface area contributed by atoms with Crippen molar-refractivity contribution in [2.45, 2.75) is 45.6 Å². The molecule has 1 aromatic carbocycles. The maximum absolute atomic E-state index is 13.1. The molecule has 2 aromatic rings. The summed E-state index contributed by atoms with van der Waals surface area (Å²) in [5.74, 6) is 1.37. The molecule has 0 atom stereocenters. The number of piperidine rings is 1. The van der Waals surface area contributed by atoms with Crippen LogP contribution >= 0.6 is 0 Å². The summed E-state index contributed by atoms with van der Waals surface area (Å²) in [6, 6.07) is 11.8. The molecular formula is C25H35N3O3. The summed E-state index contributed by atoms with van der Waals surface area (Å²) in [4.78, 5) is 21.9. The molecule has 0 aliphatic carbocycles. The Morgan fingerprint density at radius 1 is 1.13 bits per heavy atom. The van der Waals surface area contributed by atoms with E-state index in [2.05, 4.69) is 22.9 Å². The van der Waals surface area contributed by atoms with Gasteiger partial charge in [0, 0.05) is 56.6 Å². The van der Waals surface area contributed by atoms with Gasteiger partial charge in [-0.25, -0.2) is 0 Å². The highest BCUT2D eigenvalue weighted by Crippen LogP contribution is 2.29. The van der Waals surface area contributed by atoms with E-state index in [9.17, 15) is 4.79 Å². The smallest absolute Gasteiger partial charge is 0.253 e. The first-order valence-corrected chi connectivity index (χ1v) is 11.4. The first kappa shape index (κ1) is 23.1. The molecule has 0 radical (unpaired) electrons. The molecule has 1 aliphatic heterocycles. The number of hydrogen-bond acceptors (Lipinski definition) is 5. The zero-order chi connectivity index (χ0) is 22.1. The summed E-state index contributed by atoms with van der Waals surface area (Å²) in [6.07, 6.45) is 5.71. The zero-order valence-corrected chi connectivity index (χ0v) is 19.0. The van der Waals surface area contributed by atoms with Gasteiger partial charge in [-0.15, -0.1) is 0 Å². The molecule has 0 N–H and O–H groups in total. The first-order chi connectivity index (χ1) is 15.1. The van der Waals surface area contributed by atoms with Crippen molar-refractivity contribution in [3.63, 3.8) is 0 Å². The van der Waals surface area contributed by atoms with Crippen LogP contribution < -0.4 is 9.47 Å². The lowest BCUT2D eigenvalue weighted by Crippen LogP contribution is -2.46. The highest BCUT2D eigenvalue weighted by molar-refractivity contribution is 5.95. The fourth-order valence-electron chi connectivity index (χ4n) is 3.96. The van der Waals surface area contributed by atoms with Gasteiger partial charge in [0.2, 0.25) is 0 Å². The van der Waals surface area contributed by atoms with E-state index in [1.165, 1.54) is 0 Å². The van der Waals surface area contributed by atoms with Crippen LogP contribution in [0.3, 0.4) is 0 Å². The van der Waals surface area contributed by atoms with E-state index < -0.39 is 0 Å². The number of aromatic nitrogens is 1. The van der Waals surface area contributed by atoms with Gasteiger partial charge in [0.25, 0.3) is 5.91 Å². The quantitative estimate of drug-likeness (QED) is 0.575. The van der Waals surface area contributed by atoms with Gasteiger partial charge in [-0.3, -0.25) is 9.78 Å². The van der Waals surface area contributed by atoms with Crippen molar-refractivity contribution in [3.05, 3.63) is 53.9 Å². The van der Waals surface area contributed by atoms with Gasteiger partial charge >= 0.3 is 0 Å². The molecule has 1 aliphatic rings. The van der Waals surface area contributed by atoms with Crippen LogP contribution in [0.4, 0.5) is 0 Å². The second-order valence-electron chi connectivity index (χ2n) is 8.00. The van der Waals surface area contributed by atoms with Crippen LogP contribution in [0.5, 0.6) is 11.5 Å². The molecule has 1 fully saturated rings. The highest BCUT2D eigenvalue weighted by Gasteiger charge is 2.26. The minimum Gasteiger partial charge on any atom is -0.490 e. The highest BCUT2D eigenvalue weighted by atomic mass is 16.5. The molecule has 0 unspecified atom stereocenters. The molecule has 168 valence electrons. The Morgan fingerprint density at radius 2 is 1.94 bits per heavy atom. The van der Waals surface area contributed by atoms with Crippen molar-refractivity contribution >= 4 is 5.91 Å². The van der Waals surface area contributed by atoms with Gasteiger partial charge in [-0.1, -0.05) is 13.0 Å². The topological polar surface area (TPSA) is 54.9 Å². The third-order valence-corrected chi connectivity index (χ3v) is 5.79. The lowest BCUT2D eigenvalue weighted by molar-refractivity contribution is 0.0643.